The van der Waals surface area contributed by atoms with E-state index in [1.54, 1.807) is 0 Å². The van der Waals surface area contributed by atoms with Crippen molar-refractivity contribution in [3.63, 3.8) is 0 Å². The maximum atomic E-state index is 12.1. The zero-order chi connectivity index (χ0) is 20.0. The van der Waals surface area contributed by atoms with Crippen LogP contribution in [0.15, 0.2) is 29.3 Å². The monoisotopic (exact) mass is 516 g/mol. The van der Waals surface area contributed by atoms with Gasteiger partial charge in [-0.15, -0.1) is 24.0 Å². The van der Waals surface area contributed by atoms with E-state index in [0.717, 1.165) is 51.4 Å². The third kappa shape index (κ3) is 9.80. The Balaban J connectivity index is 0.00000420. The van der Waals surface area contributed by atoms with Crippen LogP contribution in [-0.4, -0.2) is 49.6 Å². The molecule has 0 spiro atoms. The molecule has 1 fully saturated rings. The molecule has 0 bridgehead atoms. The lowest BCUT2D eigenvalue weighted by molar-refractivity contribution is -0.130. The number of benzene rings is 1. The van der Waals surface area contributed by atoms with Crippen molar-refractivity contribution in [1.82, 2.24) is 15.5 Å². The van der Waals surface area contributed by atoms with Gasteiger partial charge in [0.15, 0.2) is 5.96 Å². The van der Waals surface area contributed by atoms with Crippen molar-refractivity contribution in [2.24, 2.45) is 4.99 Å². The molecule has 0 aliphatic carbocycles. The fourth-order valence-corrected chi connectivity index (χ4v) is 3.32. The van der Waals surface area contributed by atoms with Crippen LogP contribution in [0, 0.1) is 0 Å². The van der Waals surface area contributed by atoms with Crippen LogP contribution in [0.1, 0.15) is 57.1 Å². The molecule has 6 nitrogen and oxygen atoms in total. The number of hydrogen-bond acceptors (Lipinski definition) is 3. The second kappa shape index (κ2) is 15.5. The molecule has 1 aromatic rings. The van der Waals surface area contributed by atoms with Gasteiger partial charge in [-0.2, -0.15) is 0 Å². The topological polar surface area (TPSA) is 66.0 Å². The molecule has 0 saturated carbocycles. The molecule has 1 heterocycles. The van der Waals surface area contributed by atoms with Gasteiger partial charge >= 0.3 is 0 Å². The second-order valence-corrected chi connectivity index (χ2v) is 7.07. The van der Waals surface area contributed by atoms with Crippen molar-refractivity contribution >= 4 is 35.8 Å². The van der Waals surface area contributed by atoms with Crippen molar-refractivity contribution in [2.45, 2.75) is 59.1 Å². The average Bonchev–Trinajstić information content (AvgIpc) is 2.92. The zero-order valence-electron chi connectivity index (χ0n) is 17.9. The van der Waals surface area contributed by atoms with Crippen LogP contribution in [0.2, 0.25) is 0 Å². The number of carbonyl (C=O) groups excluding carboxylic acids is 1. The van der Waals surface area contributed by atoms with Gasteiger partial charge in [0, 0.05) is 39.2 Å². The smallest absolute Gasteiger partial charge is 0.222 e. The standard InChI is InChI=1S/C22H36N4O2.HI/c1-3-23-22(24-14-10-16-26-15-9-5-6-13-21(26)27)25-17-19-11-7-8-12-20(19)18-28-4-2;/h7-8,11-12H,3-6,9-10,13-18H2,1-2H3,(H2,23,24,25);1H. The lowest BCUT2D eigenvalue weighted by atomic mass is 10.1. The summed E-state index contributed by atoms with van der Waals surface area (Å²) in [5.74, 6) is 1.12. The van der Waals surface area contributed by atoms with E-state index in [2.05, 4.69) is 29.7 Å². The number of nitrogens with zero attached hydrogens (tertiary/aromatic N) is 2. The third-order valence-electron chi connectivity index (χ3n) is 4.90. The summed E-state index contributed by atoms with van der Waals surface area (Å²) in [4.78, 5) is 18.8. The number of hydrogen-bond donors (Lipinski definition) is 2. The highest BCUT2D eigenvalue weighted by Gasteiger charge is 2.15. The molecule has 0 aromatic heterocycles. The summed E-state index contributed by atoms with van der Waals surface area (Å²) < 4.78 is 5.56. The van der Waals surface area contributed by atoms with Crippen LogP contribution in [0.4, 0.5) is 0 Å². The van der Waals surface area contributed by atoms with Crippen molar-refractivity contribution in [2.75, 3.05) is 32.8 Å². The highest BCUT2D eigenvalue weighted by Crippen LogP contribution is 2.12. The number of rotatable bonds is 10. The summed E-state index contributed by atoms with van der Waals surface area (Å²) in [6.07, 6.45) is 4.97. The molecule has 164 valence electrons. The Morgan fingerprint density at radius 1 is 1.14 bits per heavy atom. The number of aliphatic imine (C=N–C) groups is 1. The summed E-state index contributed by atoms with van der Waals surface area (Å²) in [5.41, 5.74) is 2.37. The first kappa shape index (κ1) is 25.7. The number of guanidine groups is 1. The molecule has 1 aliphatic rings. The van der Waals surface area contributed by atoms with E-state index in [0.29, 0.717) is 32.1 Å². The third-order valence-corrected chi connectivity index (χ3v) is 4.90. The number of carbonyl (C=O) groups is 1. The average molecular weight is 516 g/mol. The minimum absolute atomic E-state index is 0. The van der Waals surface area contributed by atoms with Crippen LogP contribution in [0.3, 0.4) is 0 Å². The second-order valence-electron chi connectivity index (χ2n) is 7.07. The van der Waals surface area contributed by atoms with Gasteiger partial charge in [0.1, 0.15) is 0 Å². The van der Waals surface area contributed by atoms with Crippen molar-refractivity contribution in [3.8, 4) is 0 Å². The van der Waals surface area contributed by atoms with Crippen LogP contribution in [0.25, 0.3) is 0 Å². The summed E-state index contributed by atoms with van der Waals surface area (Å²) >= 11 is 0. The summed E-state index contributed by atoms with van der Waals surface area (Å²) in [6.45, 7) is 9.36. The molecule has 29 heavy (non-hydrogen) atoms. The molecule has 1 aliphatic heterocycles. The van der Waals surface area contributed by atoms with E-state index in [1.165, 1.54) is 17.5 Å². The van der Waals surface area contributed by atoms with E-state index in [1.807, 2.05) is 24.0 Å². The fraction of sp³-hybridized carbons (Fsp3) is 0.636. The Hall–Kier alpha value is -1.35. The predicted molar refractivity (Wildman–Crippen MR) is 130 cm³/mol. The van der Waals surface area contributed by atoms with Gasteiger partial charge in [0.25, 0.3) is 0 Å². The summed E-state index contributed by atoms with van der Waals surface area (Å²) in [5, 5.41) is 6.69. The van der Waals surface area contributed by atoms with E-state index >= 15 is 0 Å². The number of ether oxygens (including phenoxy) is 1. The van der Waals surface area contributed by atoms with Gasteiger partial charge in [-0.05, 0) is 44.2 Å². The molecule has 1 saturated heterocycles. The van der Waals surface area contributed by atoms with E-state index < -0.39 is 0 Å². The Bertz CT molecular complexity index is 625. The van der Waals surface area contributed by atoms with Gasteiger partial charge in [-0.1, -0.05) is 30.7 Å². The minimum Gasteiger partial charge on any atom is -0.377 e. The first-order valence-corrected chi connectivity index (χ1v) is 10.7. The van der Waals surface area contributed by atoms with E-state index in [4.69, 9.17) is 9.73 Å². The van der Waals surface area contributed by atoms with Crippen molar-refractivity contribution in [3.05, 3.63) is 35.4 Å². The molecule has 0 radical (unpaired) electrons. The van der Waals surface area contributed by atoms with Gasteiger partial charge in [-0.25, -0.2) is 4.99 Å². The van der Waals surface area contributed by atoms with Gasteiger partial charge in [0.05, 0.1) is 13.2 Å². The molecule has 7 heteroatoms. The van der Waals surface area contributed by atoms with Gasteiger partial charge in [-0.3, -0.25) is 4.79 Å². The normalized spacial score (nSPS) is 14.9. The number of halogens is 1. The summed E-state index contributed by atoms with van der Waals surface area (Å²) in [6, 6.07) is 8.28. The maximum Gasteiger partial charge on any atom is 0.222 e. The molecule has 1 aromatic carbocycles. The first-order chi connectivity index (χ1) is 13.7. The number of nitrogens with one attached hydrogen (secondary N) is 2. The first-order valence-electron chi connectivity index (χ1n) is 10.7. The van der Waals surface area contributed by atoms with E-state index in [9.17, 15) is 4.79 Å². The summed E-state index contributed by atoms with van der Waals surface area (Å²) in [7, 11) is 0. The highest BCUT2D eigenvalue weighted by molar-refractivity contribution is 14.0. The van der Waals surface area contributed by atoms with Crippen LogP contribution in [-0.2, 0) is 22.7 Å². The molecule has 1 amide bonds. The Kier molecular flexibility index (Phi) is 13.7. The zero-order valence-corrected chi connectivity index (χ0v) is 20.2. The maximum absolute atomic E-state index is 12.1. The minimum atomic E-state index is 0. The Morgan fingerprint density at radius 3 is 2.69 bits per heavy atom. The lowest BCUT2D eigenvalue weighted by Crippen LogP contribution is -2.39. The van der Waals surface area contributed by atoms with Crippen LogP contribution >= 0.6 is 24.0 Å². The van der Waals surface area contributed by atoms with E-state index in [-0.39, 0.29) is 24.0 Å². The van der Waals surface area contributed by atoms with Crippen molar-refractivity contribution in [1.29, 1.82) is 0 Å². The van der Waals surface area contributed by atoms with Crippen molar-refractivity contribution < 1.29 is 9.53 Å². The largest absolute Gasteiger partial charge is 0.377 e. The molecular formula is C22H37IN4O2. The molecular weight excluding hydrogens is 479 g/mol. The Labute approximate surface area is 192 Å². The SMILES string of the molecule is CCNC(=NCc1ccccc1COCC)NCCCN1CCCCCC1=O.I. The molecule has 0 atom stereocenters. The Morgan fingerprint density at radius 2 is 1.93 bits per heavy atom. The molecule has 0 unspecified atom stereocenters. The number of likely N-dealkylation sites (tertiary alicyclic amines) is 1. The van der Waals surface area contributed by atoms with Crippen LogP contribution < -0.4 is 10.6 Å². The highest BCUT2D eigenvalue weighted by atomic mass is 127. The predicted octanol–water partition coefficient (Wildman–Crippen LogP) is 3.69. The quantitative estimate of drug-likeness (QED) is 0.216. The molecule has 2 rings (SSSR count). The fourth-order valence-electron chi connectivity index (χ4n) is 3.32. The molecule has 2 N–H and O–H groups in total. The van der Waals surface area contributed by atoms with Gasteiger partial charge < -0.3 is 20.3 Å². The van der Waals surface area contributed by atoms with Crippen LogP contribution in [0.5, 0.6) is 0 Å². The number of amides is 1. The lowest BCUT2D eigenvalue weighted by Gasteiger charge is -2.20. The van der Waals surface area contributed by atoms with Gasteiger partial charge in [0.2, 0.25) is 5.91 Å².